The Morgan fingerprint density at radius 3 is 2.68 bits per heavy atom. The molecule has 1 aliphatic rings. The Kier molecular flexibility index (Phi) is 6.35. The minimum Gasteiger partial charge on any atom is -0.370 e. The molecule has 9 heteroatoms. The molecule has 0 aliphatic carbocycles. The molecule has 3 rings (SSSR count). The fraction of sp³-hybridized carbons (Fsp3) is 0.474. The van der Waals surface area contributed by atoms with E-state index in [4.69, 9.17) is 4.74 Å². The minimum atomic E-state index is -0.349. The van der Waals surface area contributed by atoms with E-state index in [1.807, 2.05) is 13.8 Å². The highest BCUT2D eigenvalue weighted by Crippen LogP contribution is 2.14. The fourth-order valence-corrected chi connectivity index (χ4v) is 3.09. The lowest BCUT2D eigenvalue weighted by molar-refractivity contribution is -0.140. The van der Waals surface area contributed by atoms with Crippen LogP contribution in [0.3, 0.4) is 0 Å². The zero-order valence-electron chi connectivity index (χ0n) is 16.0. The molecular weight excluding hydrogens is 365 g/mol. The van der Waals surface area contributed by atoms with E-state index in [9.17, 15) is 14.0 Å². The van der Waals surface area contributed by atoms with Crippen LogP contribution in [0.1, 0.15) is 19.4 Å². The Morgan fingerprint density at radius 1 is 1.29 bits per heavy atom. The van der Waals surface area contributed by atoms with Crippen LogP contribution in [0.4, 0.5) is 4.39 Å². The second kappa shape index (κ2) is 8.92. The fourth-order valence-electron chi connectivity index (χ4n) is 3.09. The molecule has 1 atom stereocenters. The number of carbonyl (C=O) groups excluding carboxylic acids is 2. The number of hydrogen-bond acceptors (Lipinski definition) is 5. The number of benzene rings is 1. The molecule has 1 aromatic carbocycles. The first-order valence-electron chi connectivity index (χ1n) is 9.18. The molecule has 2 aromatic rings. The summed E-state index contributed by atoms with van der Waals surface area (Å²) in [6.45, 7) is 4.84. The molecule has 28 heavy (non-hydrogen) atoms. The number of carbonyl (C=O) groups is 2. The summed E-state index contributed by atoms with van der Waals surface area (Å²) in [4.78, 5) is 32.3. The average molecular weight is 389 g/mol. The first-order chi connectivity index (χ1) is 13.4. The zero-order chi connectivity index (χ0) is 20.1. The Labute approximate surface area is 162 Å². The molecule has 1 unspecified atom stereocenters. The first-order valence-corrected chi connectivity index (χ1v) is 9.18. The number of hydrogen-bond donors (Lipinski definition) is 0. The predicted molar refractivity (Wildman–Crippen MR) is 98.4 cm³/mol. The van der Waals surface area contributed by atoms with Gasteiger partial charge in [0, 0.05) is 19.1 Å². The lowest BCUT2D eigenvalue weighted by Gasteiger charge is -2.27. The van der Waals surface area contributed by atoms with Gasteiger partial charge in [-0.15, -0.1) is 0 Å². The van der Waals surface area contributed by atoms with E-state index < -0.39 is 0 Å². The van der Waals surface area contributed by atoms with Crippen LogP contribution < -0.4 is 0 Å². The van der Waals surface area contributed by atoms with Crippen molar-refractivity contribution in [2.45, 2.75) is 39.1 Å². The summed E-state index contributed by atoms with van der Waals surface area (Å²) < 4.78 is 20.5. The SMILES string of the molecule is CC(C)N1CC(OCc2ccc(F)cc2)CN(C(=O)Cn2cncn2)CC1=O. The van der Waals surface area contributed by atoms with Gasteiger partial charge in [0.05, 0.1) is 19.3 Å². The second-order valence-electron chi connectivity index (χ2n) is 7.07. The van der Waals surface area contributed by atoms with Crippen LogP contribution in [0.2, 0.25) is 0 Å². The maximum atomic E-state index is 13.1. The van der Waals surface area contributed by atoms with Crippen molar-refractivity contribution in [3.8, 4) is 0 Å². The molecule has 0 saturated carbocycles. The van der Waals surface area contributed by atoms with Gasteiger partial charge in [0.25, 0.3) is 0 Å². The molecule has 150 valence electrons. The quantitative estimate of drug-likeness (QED) is 0.739. The van der Waals surface area contributed by atoms with Crippen molar-refractivity contribution in [1.82, 2.24) is 24.6 Å². The van der Waals surface area contributed by atoms with Crippen LogP contribution in [-0.4, -0.2) is 68.2 Å². The van der Waals surface area contributed by atoms with Crippen molar-refractivity contribution in [2.24, 2.45) is 0 Å². The van der Waals surface area contributed by atoms with E-state index in [1.54, 1.807) is 17.0 Å². The second-order valence-corrected chi connectivity index (χ2v) is 7.07. The zero-order valence-corrected chi connectivity index (χ0v) is 16.0. The van der Waals surface area contributed by atoms with E-state index in [0.717, 1.165) is 5.56 Å². The van der Waals surface area contributed by atoms with Crippen LogP contribution >= 0.6 is 0 Å². The van der Waals surface area contributed by atoms with E-state index in [0.29, 0.717) is 13.1 Å². The number of amides is 2. The van der Waals surface area contributed by atoms with Crippen molar-refractivity contribution in [3.05, 3.63) is 48.3 Å². The topological polar surface area (TPSA) is 80.6 Å². The van der Waals surface area contributed by atoms with E-state index in [2.05, 4.69) is 10.1 Å². The summed E-state index contributed by atoms with van der Waals surface area (Å²) in [5.41, 5.74) is 0.827. The van der Waals surface area contributed by atoms with Crippen LogP contribution in [0.5, 0.6) is 0 Å². The van der Waals surface area contributed by atoms with Crippen molar-refractivity contribution < 1.29 is 18.7 Å². The standard InChI is InChI=1S/C19H24FN5O3/c1-14(2)25-8-17(28-11-15-3-5-16(20)6-4-15)7-23(9-19(25)27)18(26)10-24-13-21-12-22-24/h3-6,12-14,17H,7-11H2,1-2H3. The minimum absolute atomic E-state index is 0.00210. The summed E-state index contributed by atoms with van der Waals surface area (Å²) in [6, 6.07) is 6.07. The molecule has 8 nitrogen and oxygen atoms in total. The van der Waals surface area contributed by atoms with Gasteiger partial charge < -0.3 is 14.5 Å². The number of rotatable bonds is 6. The normalized spacial score (nSPS) is 17.9. The van der Waals surface area contributed by atoms with Gasteiger partial charge in [-0.05, 0) is 31.5 Å². The third-order valence-electron chi connectivity index (χ3n) is 4.61. The molecule has 0 bridgehead atoms. The molecule has 0 radical (unpaired) electrons. The van der Waals surface area contributed by atoms with E-state index in [-0.39, 0.29) is 49.5 Å². The Balaban J connectivity index is 1.70. The molecule has 1 aromatic heterocycles. The van der Waals surface area contributed by atoms with Crippen LogP contribution in [0, 0.1) is 5.82 Å². The molecule has 2 amide bonds. The summed E-state index contributed by atoms with van der Waals surface area (Å²) in [5.74, 6) is -0.644. The molecule has 0 N–H and O–H groups in total. The van der Waals surface area contributed by atoms with Crippen LogP contribution in [0.25, 0.3) is 0 Å². The maximum Gasteiger partial charge on any atom is 0.244 e. The Morgan fingerprint density at radius 2 is 2.04 bits per heavy atom. The summed E-state index contributed by atoms with van der Waals surface area (Å²) in [6.07, 6.45) is 2.47. The number of ether oxygens (including phenoxy) is 1. The smallest absolute Gasteiger partial charge is 0.244 e. The lowest BCUT2D eigenvalue weighted by Crippen LogP contribution is -2.43. The summed E-state index contributed by atoms with van der Waals surface area (Å²) >= 11 is 0. The maximum absolute atomic E-state index is 13.1. The molecule has 2 heterocycles. The van der Waals surface area contributed by atoms with Crippen molar-refractivity contribution in [1.29, 1.82) is 0 Å². The number of aromatic nitrogens is 3. The molecule has 1 aliphatic heterocycles. The van der Waals surface area contributed by atoms with Gasteiger partial charge in [-0.3, -0.25) is 9.59 Å². The van der Waals surface area contributed by atoms with Gasteiger partial charge in [-0.25, -0.2) is 14.1 Å². The van der Waals surface area contributed by atoms with Crippen LogP contribution in [-0.2, 0) is 27.5 Å². The van der Waals surface area contributed by atoms with Crippen molar-refractivity contribution in [3.63, 3.8) is 0 Å². The average Bonchev–Trinajstić information content (AvgIpc) is 3.10. The largest absolute Gasteiger partial charge is 0.370 e. The van der Waals surface area contributed by atoms with Crippen molar-refractivity contribution >= 4 is 11.8 Å². The van der Waals surface area contributed by atoms with Gasteiger partial charge in [-0.1, -0.05) is 12.1 Å². The third-order valence-corrected chi connectivity index (χ3v) is 4.61. The molecule has 1 saturated heterocycles. The highest BCUT2D eigenvalue weighted by Gasteiger charge is 2.32. The Bertz CT molecular complexity index is 794. The number of nitrogens with zero attached hydrogens (tertiary/aromatic N) is 5. The Hall–Kier alpha value is -2.81. The lowest BCUT2D eigenvalue weighted by atomic mass is 10.2. The van der Waals surface area contributed by atoms with E-state index >= 15 is 0 Å². The molecular formula is C19H24FN5O3. The highest BCUT2D eigenvalue weighted by atomic mass is 19.1. The van der Waals surface area contributed by atoms with Gasteiger partial charge in [0.1, 0.15) is 25.0 Å². The van der Waals surface area contributed by atoms with E-state index in [1.165, 1.54) is 34.4 Å². The first kappa shape index (κ1) is 19.9. The van der Waals surface area contributed by atoms with Gasteiger partial charge in [-0.2, -0.15) is 5.10 Å². The van der Waals surface area contributed by atoms with Gasteiger partial charge >= 0.3 is 0 Å². The van der Waals surface area contributed by atoms with Crippen LogP contribution in [0.15, 0.2) is 36.9 Å². The highest BCUT2D eigenvalue weighted by molar-refractivity contribution is 5.85. The molecule has 0 spiro atoms. The third kappa shape index (κ3) is 5.13. The summed E-state index contributed by atoms with van der Waals surface area (Å²) in [5, 5.41) is 3.94. The number of halogens is 1. The monoisotopic (exact) mass is 389 g/mol. The predicted octanol–water partition coefficient (Wildman–Crippen LogP) is 1.08. The van der Waals surface area contributed by atoms with Gasteiger partial charge in [0.15, 0.2) is 0 Å². The van der Waals surface area contributed by atoms with Gasteiger partial charge in [0.2, 0.25) is 11.8 Å². The van der Waals surface area contributed by atoms with Crippen molar-refractivity contribution in [2.75, 3.05) is 19.6 Å². The molecule has 1 fully saturated rings. The summed E-state index contributed by atoms with van der Waals surface area (Å²) in [7, 11) is 0.